The Bertz CT molecular complexity index is 585. The van der Waals surface area contributed by atoms with Gasteiger partial charge in [0.1, 0.15) is 0 Å². The zero-order chi connectivity index (χ0) is 30.1. The number of unbranched alkanes of at least 4 members (excludes halogenated alkanes) is 24. The number of rotatable bonds is 33. The summed E-state index contributed by atoms with van der Waals surface area (Å²) < 4.78 is 5.16. The molecule has 0 bridgehead atoms. The van der Waals surface area contributed by atoms with Crippen molar-refractivity contribution in [2.24, 2.45) is 5.92 Å². The molecule has 0 amide bonds. The van der Waals surface area contributed by atoms with Crippen molar-refractivity contribution < 1.29 is 19.4 Å². The van der Waals surface area contributed by atoms with E-state index in [0.29, 0.717) is 13.0 Å². The SMILES string of the molecule is CCCCCCCCCCCCCCCCCCCC/C=C/CCCCCCCCC(CC(=O)O)C(=O)OCCC. The Kier molecular flexibility index (Phi) is 32.1. The third kappa shape index (κ3) is 31.4. The Labute approximate surface area is 255 Å². The van der Waals surface area contributed by atoms with Crippen molar-refractivity contribution in [2.45, 2.75) is 200 Å². The molecule has 0 aromatic rings. The van der Waals surface area contributed by atoms with Crippen LogP contribution >= 0.6 is 0 Å². The second-order valence-corrected chi connectivity index (χ2v) is 12.4. The van der Waals surface area contributed by atoms with Gasteiger partial charge in [0.25, 0.3) is 0 Å². The number of carbonyl (C=O) groups excluding carboxylic acids is 1. The number of carboxylic acid groups (broad SMARTS) is 1. The van der Waals surface area contributed by atoms with Gasteiger partial charge in [0, 0.05) is 0 Å². The first-order valence-electron chi connectivity index (χ1n) is 18.1. The van der Waals surface area contributed by atoms with Crippen LogP contribution in [0.4, 0.5) is 0 Å². The molecular weight excluding hydrogens is 508 g/mol. The zero-order valence-electron chi connectivity index (χ0n) is 27.6. The second-order valence-electron chi connectivity index (χ2n) is 12.4. The van der Waals surface area contributed by atoms with Crippen molar-refractivity contribution in [1.29, 1.82) is 0 Å². The number of hydrogen-bond acceptors (Lipinski definition) is 3. The molecule has 41 heavy (non-hydrogen) atoms. The van der Waals surface area contributed by atoms with Crippen LogP contribution < -0.4 is 0 Å². The van der Waals surface area contributed by atoms with Gasteiger partial charge >= 0.3 is 11.9 Å². The van der Waals surface area contributed by atoms with E-state index >= 15 is 0 Å². The third-order valence-electron chi connectivity index (χ3n) is 8.27. The van der Waals surface area contributed by atoms with E-state index in [1.54, 1.807) is 0 Å². The van der Waals surface area contributed by atoms with E-state index in [1.165, 1.54) is 148 Å². The summed E-state index contributed by atoms with van der Waals surface area (Å²) in [5.74, 6) is -1.75. The minimum atomic E-state index is -0.920. The van der Waals surface area contributed by atoms with Crippen LogP contribution in [0.25, 0.3) is 0 Å². The van der Waals surface area contributed by atoms with Crippen LogP contribution in [-0.4, -0.2) is 23.7 Å². The lowest BCUT2D eigenvalue weighted by atomic mass is 9.97. The summed E-state index contributed by atoms with van der Waals surface area (Å²) in [5.41, 5.74) is 0. The van der Waals surface area contributed by atoms with Gasteiger partial charge in [-0.3, -0.25) is 9.59 Å². The molecule has 0 aromatic heterocycles. The Morgan fingerprint density at radius 2 is 0.902 bits per heavy atom. The summed E-state index contributed by atoms with van der Waals surface area (Å²) >= 11 is 0. The normalized spacial score (nSPS) is 12.2. The molecule has 0 aliphatic rings. The first kappa shape index (κ1) is 39.7. The summed E-state index contributed by atoms with van der Waals surface area (Å²) in [6.07, 6.45) is 41.0. The lowest BCUT2D eigenvalue weighted by Gasteiger charge is -2.13. The zero-order valence-corrected chi connectivity index (χ0v) is 27.6. The molecule has 0 aliphatic heterocycles. The number of hydrogen-bond donors (Lipinski definition) is 1. The van der Waals surface area contributed by atoms with Crippen LogP contribution in [0.3, 0.4) is 0 Å². The first-order chi connectivity index (χ1) is 20.1. The lowest BCUT2D eigenvalue weighted by molar-refractivity contribution is -0.153. The molecule has 4 heteroatoms. The molecule has 1 atom stereocenters. The van der Waals surface area contributed by atoms with Crippen molar-refractivity contribution in [3.05, 3.63) is 12.2 Å². The minimum Gasteiger partial charge on any atom is -0.481 e. The maximum absolute atomic E-state index is 12.0. The molecular formula is C37H70O4. The van der Waals surface area contributed by atoms with Gasteiger partial charge in [-0.05, 0) is 38.5 Å². The van der Waals surface area contributed by atoms with E-state index in [9.17, 15) is 9.59 Å². The average molecular weight is 579 g/mol. The molecule has 1 unspecified atom stereocenters. The molecule has 242 valence electrons. The van der Waals surface area contributed by atoms with Gasteiger partial charge in [-0.15, -0.1) is 0 Å². The fourth-order valence-corrected chi connectivity index (χ4v) is 5.59. The highest BCUT2D eigenvalue weighted by Gasteiger charge is 2.22. The third-order valence-corrected chi connectivity index (χ3v) is 8.27. The lowest BCUT2D eigenvalue weighted by Crippen LogP contribution is -2.21. The van der Waals surface area contributed by atoms with Crippen molar-refractivity contribution >= 4 is 11.9 Å². The molecule has 0 rings (SSSR count). The molecule has 0 spiro atoms. The summed E-state index contributed by atoms with van der Waals surface area (Å²) in [6, 6.07) is 0. The van der Waals surface area contributed by atoms with Crippen molar-refractivity contribution in [2.75, 3.05) is 6.61 Å². The summed E-state index contributed by atoms with van der Waals surface area (Å²) in [7, 11) is 0. The van der Waals surface area contributed by atoms with Gasteiger partial charge in [-0.2, -0.15) is 0 Å². The van der Waals surface area contributed by atoms with E-state index in [4.69, 9.17) is 9.84 Å². The first-order valence-corrected chi connectivity index (χ1v) is 18.1. The quantitative estimate of drug-likeness (QED) is 0.0478. The number of carbonyl (C=O) groups is 2. The van der Waals surface area contributed by atoms with Crippen molar-refractivity contribution in [1.82, 2.24) is 0 Å². The highest BCUT2D eigenvalue weighted by molar-refractivity contribution is 5.79. The highest BCUT2D eigenvalue weighted by Crippen LogP contribution is 2.18. The van der Waals surface area contributed by atoms with Gasteiger partial charge in [-0.25, -0.2) is 0 Å². The van der Waals surface area contributed by atoms with Gasteiger partial charge in [0.15, 0.2) is 0 Å². The molecule has 0 saturated heterocycles. The van der Waals surface area contributed by atoms with Crippen LogP contribution in [0.2, 0.25) is 0 Å². The number of allylic oxidation sites excluding steroid dienone is 2. The van der Waals surface area contributed by atoms with Crippen LogP contribution in [-0.2, 0) is 14.3 Å². The Morgan fingerprint density at radius 3 is 1.27 bits per heavy atom. The Hall–Kier alpha value is -1.32. The molecule has 4 nitrogen and oxygen atoms in total. The molecule has 1 N–H and O–H groups in total. The number of aliphatic carboxylic acids is 1. The van der Waals surface area contributed by atoms with E-state index in [-0.39, 0.29) is 12.4 Å². The number of ether oxygens (including phenoxy) is 1. The van der Waals surface area contributed by atoms with Gasteiger partial charge in [0.2, 0.25) is 0 Å². The van der Waals surface area contributed by atoms with Crippen LogP contribution in [0.1, 0.15) is 200 Å². The van der Waals surface area contributed by atoms with Crippen LogP contribution in [0.15, 0.2) is 12.2 Å². The molecule has 0 fully saturated rings. The summed E-state index contributed by atoms with van der Waals surface area (Å²) in [4.78, 5) is 23.1. The fraction of sp³-hybridized carbons (Fsp3) is 0.892. The number of carboxylic acids is 1. The van der Waals surface area contributed by atoms with E-state index < -0.39 is 11.9 Å². The minimum absolute atomic E-state index is 0.117. The monoisotopic (exact) mass is 579 g/mol. The largest absolute Gasteiger partial charge is 0.481 e. The van der Waals surface area contributed by atoms with E-state index in [1.807, 2.05) is 6.92 Å². The Morgan fingerprint density at radius 1 is 0.537 bits per heavy atom. The standard InChI is InChI=1S/C37H70O4/c1-3-5-6-7-8-9-10-11-12-13-14-15-16-17-18-19-20-21-22-23-24-25-26-27-28-29-30-31-32-35(34-36(38)39)37(40)41-33-4-2/h23-24,35H,3-22,25-34H2,1-2H3,(H,38,39)/b24-23+. The van der Waals surface area contributed by atoms with Crippen LogP contribution in [0.5, 0.6) is 0 Å². The predicted octanol–water partition coefficient (Wildman–Crippen LogP) is 12.1. The maximum atomic E-state index is 12.0. The molecule has 0 heterocycles. The Balaban J connectivity index is 3.35. The van der Waals surface area contributed by atoms with E-state index in [2.05, 4.69) is 19.1 Å². The van der Waals surface area contributed by atoms with Crippen molar-refractivity contribution in [3.8, 4) is 0 Å². The molecule has 0 saturated carbocycles. The average Bonchev–Trinajstić information content (AvgIpc) is 2.96. The summed E-state index contributed by atoms with van der Waals surface area (Å²) in [5, 5.41) is 9.05. The predicted molar refractivity (Wildman–Crippen MR) is 176 cm³/mol. The smallest absolute Gasteiger partial charge is 0.309 e. The highest BCUT2D eigenvalue weighted by atomic mass is 16.5. The fourth-order valence-electron chi connectivity index (χ4n) is 5.59. The topological polar surface area (TPSA) is 63.6 Å². The molecule has 0 radical (unpaired) electrons. The van der Waals surface area contributed by atoms with Gasteiger partial charge < -0.3 is 9.84 Å². The van der Waals surface area contributed by atoms with Crippen molar-refractivity contribution in [3.63, 3.8) is 0 Å². The van der Waals surface area contributed by atoms with E-state index in [0.717, 1.165) is 25.7 Å². The van der Waals surface area contributed by atoms with Gasteiger partial charge in [0.05, 0.1) is 18.9 Å². The molecule has 0 aliphatic carbocycles. The van der Waals surface area contributed by atoms with Crippen LogP contribution in [0, 0.1) is 5.92 Å². The second kappa shape index (κ2) is 33.2. The van der Waals surface area contributed by atoms with Gasteiger partial charge in [-0.1, -0.05) is 167 Å². The summed E-state index contributed by atoms with van der Waals surface area (Å²) in [6.45, 7) is 4.61. The molecule has 0 aromatic carbocycles. The number of esters is 1. The maximum Gasteiger partial charge on any atom is 0.309 e.